The molecule has 0 aliphatic carbocycles. The average molecular weight is 221 g/mol. The lowest BCUT2D eigenvalue weighted by Crippen LogP contribution is -2.40. The van der Waals surface area contributed by atoms with Gasteiger partial charge in [-0.15, -0.1) is 0 Å². The third kappa shape index (κ3) is 2.93. The summed E-state index contributed by atoms with van der Waals surface area (Å²) < 4.78 is 25.0. The Morgan fingerprint density at radius 1 is 1.36 bits per heavy atom. The normalized spacial score (nSPS) is 26.0. The van der Waals surface area contributed by atoms with Gasteiger partial charge in [0.1, 0.15) is 0 Å². The molecule has 0 aromatic carbocycles. The van der Waals surface area contributed by atoms with Gasteiger partial charge in [-0.3, -0.25) is 0 Å². The van der Waals surface area contributed by atoms with Gasteiger partial charge in [-0.25, -0.2) is 8.42 Å². The van der Waals surface area contributed by atoms with E-state index >= 15 is 0 Å². The first-order chi connectivity index (χ1) is 6.58. The van der Waals surface area contributed by atoms with Crippen LogP contribution in [0.3, 0.4) is 0 Å². The van der Waals surface area contributed by atoms with Crippen LogP contribution in [-0.2, 0) is 10.0 Å². The largest absolute Gasteiger partial charge is 0.395 e. The maximum atomic E-state index is 11.7. The molecule has 0 bridgehead atoms. The quantitative estimate of drug-likeness (QED) is 0.758. The zero-order valence-corrected chi connectivity index (χ0v) is 9.46. The van der Waals surface area contributed by atoms with Gasteiger partial charge in [-0.1, -0.05) is 12.8 Å². The van der Waals surface area contributed by atoms with Crippen LogP contribution in [0.25, 0.3) is 0 Å². The Balaban J connectivity index is 2.72. The fourth-order valence-electron chi connectivity index (χ4n) is 1.89. The van der Waals surface area contributed by atoms with Gasteiger partial charge in [0.25, 0.3) is 0 Å². The van der Waals surface area contributed by atoms with Crippen molar-refractivity contribution in [2.24, 2.45) is 0 Å². The number of hydrogen-bond donors (Lipinski definition) is 1. The standard InChI is InChI=1S/C9H19NO3S/c1-9-5-3-2-4-6-10(9)14(12,13)8-7-11/h9,11H,2-8H2,1H3. The molecular formula is C9H19NO3S. The molecule has 84 valence electrons. The van der Waals surface area contributed by atoms with Crippen LogP contribution >= 0.6 is 0 Å². The summed E-state index contributed by atoms with van der Waals surface area (Å²) in [5.74, 6) is -0.142. The second kappa shape index (κ2) is 5.09. The number of sulfonamides is 1. The van der Waals surface area contributed by atoms with Crippen molar-refractivity contribution < 1.29 is 13.5 Å². The Kier molecular flexibility index (Phi) is 4.34. The monoisotopic (exact) mass is 221 g/mol. The summed E-state index contributed by atoms with van der Waals surface area (Å²) in [5, 5.41) is 8.68. The molecule has 1 unspecified atom stereocenters. The summed E-state index contributed by atoms with van der Waals surface area (Å²) in [6, 6.07) is 0.0917. The lowest BCUT2D eigenvalue weighted by molar-refractivity contribution is 0.305. The topological polar surface area (TPSA) is 57.6 Å². The van der Waals surface area contributed by atoms with Gasteiger partial charge in [0.05, 0.1) is 12.4 Å². The predicted octanol–water partition coefficient (Wildman–Crippen LogP) is 0.573. The van der Waals surface area contributed by atoms with Crippen molar-refractivity contribution in [2.45, 2.75) is 38.6 Å². The minimum absolute atomic E-state index is 0.0917. The van der Waals surface area contributed by atoms with Crippen LogP contribution in [0.5, 0.6) is 0 Å². The smallest absolute Gasteiger partial charge is 0.216 e. The van der Waals surface area contributed by atoms with Crippen molar-refractivity contribution in [3.63, 3.8) is 0 Å². The average Bonchev–Trinajstić information content (AvgIpc) is 2.29. The van der Waals surface area contributed by atoms with Crippen molar-refractivity contribution in [2.75, 3.05) is 18.9 Å². The predicted molar refractivity (Wildman–Crippen MR) is 55.5 cm³/mol. The van der Waals surface area contributed by atoms with Gasteiger partial charge >= 0.3 is 0 Å². The molecule has 0 aromatic rings. The summed E-state index contributed by atoms with van der Waals surface area (Å²) in [6.07, 6.45) is 4.08. The van der Waals surface area contributed by atoms with Crippen LogP contribution in [0.4, 0.5) is 0 Å². The van der Waals surface area contributed by atoms with Gasteiger partial charge in [0.15, 0.2) is 0 Å². The molecule has 4 nitrogen and oxygen atoms in total. The molecule has 5 heteroatoms. The van der Waals surface area contributed by atoms with Crippen LogP contribution in [0.15, 0.2) is 0 Å². The molecule has 14 heavy (non-hydrogen) atoms. The van der Waals surface area contributed by atoms with Crippen LogP contribution in [0.1, 0.15) is 32.6 Å². The summed E-state index contributed by atoms with van der Waals surface area (Å²) in [7, 11) is -3.22. The summed E-state index contributed by atoms with van der Waals surface area (Å²) >= 11 is 0. The minimum Gasteiger partial charge on any atom is -0.395 e. The lowest BCUT2D eigenvalue weighted by atomic mass is 10.1. The molecule has 0 radical (unpaired) electrons. The van der Waals surface area contributed by atoms with Crippen molar-refractivity contribution in [1.82, 2.24) is 4.31 Å². The van der Waals surface area contributed by atoms with Crippen molar-refractivity contribution >= 4 is 10.0 Å². The van der Waals surface area contributed by atoms with E-state index < -0.39 is 10.0 Å². The summed E-state index contributed by atoms with van der Waals surface area (Å²) in [4.78, 5) is 0. The first-order valence-electron chi connectivity index (χ1n) is 5.18. The molecule has 1 saturated heterocycles. The van der Waals surface area contributed by atoms with Gasteiger partial charge < -0.3 is 5.11 Å². The van der Waals surface area contributed by atoms with E-state index in [9.17, 15) is 8.42 Å². The number of hydrogen-bond acceptors (Lipinski definition) is 3. The van der Waals surface area contributed by atoms with Crippen LogP contribution in [-0.4, -0.2) is 42.8 Å². The molecule has 1 rings (SSSR count). The fraction of sp³-hybridized carbons (Fsp3) is 1.00. The molecule has 1 heterocycles. The molecule has 1 atom stereocenters. The Hall–Kier alpha value is -0.130. The second-order valence-corrected chi connectivity index (χ2v) is 5.89. The van der Waals surface area contributed by atoms with E-state index in [0.717, 1.165) is 25.7 Å². The molecule has 1 N–H and O–H groups in total. The van der Waals surface area contributed by atoms with Crippen molar-refractivity contribution in [3.8, 4) is 0 Å². The van der Waals surface area contributed by atoms with E-state index in [2.05, 4.69) is 0 Å². The van der Waals surface area contributed by atoms with E-state index in [4.69, 9.17) is 5.11 Å². The molecule has 0 spiro atoms. The zero-order valence-electron chi connectivity index (χ0n) is 8.65. The van der Waals surface area contributed by atoms with Gasteiger partial charge in [0, 0.05) is 12.6 Å². The SMILES string of the molecule is CC1CCCCCN1S(=O)(=O)CCO. The van der Waals surface area contributed by atoms with Crippen LogP contribution in [0.2, 0.25) is 0 Å². The van der Waals surface area contributed by atoms with Crippen LogP contribution in [0, 0.1) is 0 Å². The fourth-order valence-corrected chi connectivity index (χ4v) is 3.42. The lowest BCUT2D eigenvalue weighted by Gasteiger charge is -2.25. The van der Waals surface area contributed by atoms with E-state index in [1.54, 1.807) is 4.31 Å². The highest BCUT2D eigenvalue weighted by molar-refractivity contribution is 7.89. The molecule has 1 aliphatic heterocycles. The van der Waals surface area contributed by atoms with Gasteiger partial charge in [-0.05, 0) is 19.8 Å². The van der Waals surface area contributed by atoms with Gasteiger partial charge in [0.2, 0.25) is 10.0 Å². The molecule has 0 amide bonds. The van der Waals surface area contributed by atoms with E-state index in [1.807, 2.05) is 6.92 Å². The van der Waals surface area contributed by atoms with Crippen LogP contribution < -0.4 is 0 Å². The number of aliphatic hydroxyl groups is 1. The number of aliphatic hydroxyl groups excluding tert-OH is 1. The van der Waals surface area contributed by atoms with E-state index in [1.165, 1.54) is 0 Å². The van der Waals surface area contributed by atoms with Crippen molar-refractivity contribution in [3.05, 3.63) is 0 Å². The molecule has 0 saturated carbocycles. The zero-order chi connectivity index (χ0) is 10.6. The highest BCUT2D eigenvalue weighted by Gasteiger charge is 2.27. The molecular weight excluding hydrogens is 202 g/mol. The van der Waals surface area contributed by atoms with E-state index in [-0.39, 0.29) is 18.4 Å². The first-order valence-corrected chi connectivity index (χ1v) is 6.79. The Morgan fingerprint density at radius 3 is 2.71 bits per heavy atom. The maximum absolute atomic E-state index is 11.7. The first kappa shape index (κ1) is 11.9. The van der Waals surface area contributed by atoms with E-state index in [0.29, 0.717) is 6.54 Å². The minimum atomic E-state index is -3.22. The van der Waals surface area contributed by atoms with Gasteiger partial charge in [-0.2, -0.15) is 4.31 Å². The third-order valence-electron chi connectivity index (χ3n) is 2.70. The Bertz CT molecular complexity index is 263. The molecule has 1 aliphatic rings. The highest BCUT2D eigenvalue weighted by Crippen LogP contribution is 2.19. The summed E-state index contributed by atoms with van der Waals surface area (Å²) in [6.45, 7) is 2.27. The third-order valence-corrected chi connectivity index (χ3v) is 4.65. The Morgan fingerprint density at radius 2 is 2.07 bits per heavy atom. The second-order valence-electron chi connectivity index (χ2n) is 3.85. The number of nitrogens with zero attached hydrogens (tertiary/aromatic N) is 1. The highest BCUT2D eigenvalue weighted by atomic mass is 32.2. The molecule has 0 aromatic heterocycles. The maximum Gasteiger partial charge on any atom is 0.216 e. The number of rotatable bonds is 3. The molecule has 1 fully saturated rings. The van der Waals surface area contributed by atoms with Crippen molar-refractivity contribution in [1.29, 1.82) is 0 Å². The summed E-state index contributed by atoms with van der Waals surface area (Å²) in [5.41, 5.74) is 0. The Labute approximate surface area is 86.0 Å².